The van der Waals surface area contributed by atoms with Crippen LogP contribution in [-0.4, -0.2) is 47.4 Å². The molecular weight excluding hydrogens is 296 g/mol. The van der Waals surface area contributed by atoms with E-state index in [-0.39, 0.29) is 23.7 Å². The lowest BCUT2D eigenvalue weighted by Gasteiger charge is -2.25. The van der Waals surface area contributed by atoms with Crippen LogP contribution in [0, 0.1) is 11.8 Å². The van der Waals surface area contributed by atoms with Gasteiger partial charge in [-0.05, 0) is 44.9 Å². The molecule has 0 spiro atoms. The molecule has 130 valence electrons. The Hall–Kier alpha value is -1.59. The first-order valence-electron chi connectivity index (χ1n) is 8.86. The molecule has 0 aromatic carbocycles. The number of nitrogens with zero attached hydrogens (tertiary/aromatic N) is 1. The van der Waals surface area contributed by atoms with E-state index < -0.39 is 5.97 Å². The van der Waals surface area contributed by atoms with Crippen LogP contribution in [0.25, 0.3) is 0 Å². The summed E-state index contributed by atoms with van der Waals surface area (Å²) in [5.41, 5.74) is 0. The lowest BCUT2D eigenvalue weighted by Crippen LogP contribution is -2.37. The van der Waals surface area contributed by atoms with E-state index in [0.717, 1.165) is 32.2 Å². The SMILES string of the molecule is O=C(O)C1CCC(C(=O)NCCCN2CCCCCC2=O)CC1. The number of aliphatic carboxylic acids is 1. The molecular formula is C17H28N2O4. The average Bonchev–Trinajstić information content (AvgIpc) is 2.76. The van der Waals surface area contributed by atoms with Crippen molar-refractivity contribution in [2.75, 3.05) is 19.6 Å². The fraction of sp³-hybridized carbons (Fsp3) is 0.824. The zero-order chi connectivity index (χ0) is 16.7. The van der Waals surface area contributed by atoms with E-state index in [1.165, 1.54) is 0 Å². The minimum absolute atomic E-state index is 0.0380. The van der Waals surface area contributed by atoms with Crippen molar-refractivity contribution in [2.24, 2.45) is 11.8 Å². The Morgan fingerprint density at radius 3 is 2.48 bits per heavy atom. The minimum atomic E-state index is -0.744. The standard InChI is InChI=1S/C17H28N2O4/c20-15-5-2-1-3-11-19(15)12-4-10-18-16(21)13-6-8-14(9-7-13)17(22)23/h13-14H,1-12H2,(H,18,21)(H,22,23). The molecule has 23 heavy (non-hydrogen) atoms. The average molecular weight is 324 g/mol. The molecule has 0 unspecified atom stereocenters. The fourth-order valence-electron chi connectivity index (χ4n) is 3.50. The van der Waals surface area contributed by atoms with Crippen LogP contribution in [0.1, 0.15) is 57.8 Å². The Morgan fingerprint density at radius 2 is 1.78 bits per heavy atom. The van der Waals surface area contributed by atoms with Crippen molar-refractivity contribution in [3.8, 4) is 0 Å². The predicted molar refractivity (Wildman–Crippen MR) is 85.8 cm³/mol. The highest BCUT2D eigenvalue weighted by atomic mass is 16.4. The summed E-state index contributed by atoms with van der Waals surface area (Å²) in [5, 5.41) is 11.9. The van der Waals surface area contributed by atoms with E-state index in [4.69, 9.17) is 5.11 Å². The van der Waals surface area contributed by atoms with Gasteiger partial charge in [0.2, 0.25) is 11.8 Å². The van der Waals surface area contributed by atoms with Crippen molar-refractivity contribution in [3.63, 3.8) is 0 Å². The van der Waals surface area contributed by atoms with Gasteiger partial charge >= 0.3 is 5.97 Å². The van der Waals surface area contributed by atoms with Crippen LogP contribution < -0.4 is 5.32 Å². The molecule has 1 saturated carbocycles. The monoisotopic (exact) mass is 324 g/mol. The molecule has 6 heteroatoms. The molecule has 2 rings (SSSR count). The van der Waals surface area contributed by atoms with E-state index in [2.05, 4.69) is 5.32 Å². The lowest BCUT2D eigenvalue weighted by atomic mass is 9.81. The first kappa shape index (κ1) is 17.8. The minimum Gasteiger partial charge on any atom is -0.481 e. The number of likely N-dealkylation sites (tertiary alicyclic amines) is 1. The Bertz CT molecular complexity index is 430. The number of nitrogens with one attached hydrogen (secondary N) is 1. The lowest BCUT2D eigenvalue weighted by molar-refractivity contribution is -0.144. The van der Waals surface area contributed by atoms with E-state index in [1.807, 2.05) is 4.90 Å². The second-order valence-corrected chi connectivity index (χ2v) is 6.72. The number of carboxylic acid groups (broad SMARTS) is 1. The summed E-state index contributed by atoms with van der Waals surface area (Å²) in [6, 6.07) is 0. The van der Waals surface area contributed by atoms with Gasteiger partial charge in [-0.15, -0.1) is 0 Å². The highest BCUT2D eigenvalue weighted by molar-refractivity contribution is 5.79. The van der Waals surface area contributed by atoms with Crippen molar-refractivity contribution >= 4 is 17.8 Å². The van der Waals surface area contributed by atoms with Crippen LogP contribution in [0.4, 0.5) is 0 Å². The maximum absolute atomic E-state index is 12.1. The summed E-state index contributed by atoms with van der Waals surface area (Å²) < 4.78 is 0. The summed E-state index contributed by atoms with van der Waals surface area (Å²) in [7, 11) is 0. The van der Waals surface area contributed by atoms with Crippen molar-refractivity contribution in [3.05, 3.63) is 0 Å². The van der Waals surface area contributed by atoms with Gasteiger partial charge in [-0.2, -0.15) is 0 Å². The Kier molecular flexibility index (Phi) is 6.86. The zero-order valence-corrected chi connectivity index (χ0v) is 13.8. The molecule has 2 N–H and O–H groups in total. The van der Waals surface area contributed by atoms with Crippen LogP contribution >= 0.6 is 0 Å². The molecule has 0 aromatic rings. The topological polar surface area (TPSA) is 86.7 Å². The van der Waals surface area contributed by atoms with Gasteiger partial charge < -0.3 is 15.3 Å². The van der Waals surface area contributed by atoms with Gasteiger partial charge in [-0.3, -0.25) is 14.4 Å². The molecule has 2 fully saturated rings. The second-order valence-electron chi connectivity index (χ2n) is 6.72. The van der Waals surface area contributed by atoms with Crippen molar-refractivity contribution in [1.82, 2.24) is 10.2 Å². The summed E-state index contributed by atoms with van der Waals surface area (Å²) >= 11 is 0. The maximum Gasteiger partial charge on any atom is 0.306 e. The quantitative estimate of drug-likeness (QED) is 0.729. The summed E-state index contributed by atoms with van der Waals surface area (Å²) in [6.45, 7) is 2.14. The highest BCUT2D eigenvalue weighted by Crippen LogP contribution is 2.28. The van der Waals surface area contributed by atoms with Gasteiger partial charge in [-0.1, -0.05) is 6.42 Å². The van der Waals surface area contributed by atoms with Crippen molar-refractivity contribution in [2.45, 2.75) is 57.8 Å². The van der Waals surface area contributed by atoms with Gasteiger partial charge in [0.05, 0.1) is 5.92 Å². The third-order valence-electron chi connectivity index (χ3n) is 5.02. The summed E-state index contributed by atoms with van der Waals surface area (Å²) in [4.78, 5) is 36.8. The Labute approximate surface area is 137 Å². The number of amides is 2. The van der Waals surface area contributed by atoms with Gasteiger partial charge in [0, 0.05) is 32.0 Å². The zero-order valence-electron chi connectivity index (χ0n) is 13.8. The summed E-state index contributed by atoms with van der Waals surface area (Å²) in [6.07, 6.45) is 7.13. The second kappa shape index (κ2) is 8.89. The molecule has 1 saturated heterocycles. The van der Waals surface area contributed by atoms with Crippen molar-refractivity contribution < 1.29 is 19.5 Å². The van der Waals surface area contributed by atoms with Crippen LogP contribution in [0.5, 0.6) is 0 Å². The number of carbonyl (C=O) groups is 3. The number of carboxylic acids is 1. The third-order valence-corrected chi connectivity index (χ3v) is 5.02. The maximum atomic E-state index is 12.1. The van der Waals surface area contributed by atoms with E-state index in [9.17, 15) is 14.4 Å². The van der Waals surface area contributed by atoms with Gasteiger partial charge in [0.1, 0.15) is 0 Å². The van der Waals surface area contributed by atoms with Gasteiger partial charge in [0.25, 0.3) is 0 Å². The molecule has 1 aliphatic heterocycles. The Morgan fingerprint density at radius 1 is 1.09 bits per heavy atom. The molecule has 0 aromatic heterocycles. The first-order chi connectivity index (χ1) is 11.1. The number of rotatable bonds is 6. The predicted octanol–water partition coefficient (Wildman–Crippen LogP) is 1.79. The normalized spacial score (nSPS) is 25.7. The van der Waals surface area contributed by atoms with Crippen molar-refractivity contribution in [1.29, 1.82) is 0 Å². The molecule has 1 heterocycles. The molecule has 1 aliphatic carbocycles. The van der Waals surface area contributed by atoms with Gasteiger partial charge in [-0.25, -0.2) is 0 Å². The fourth-order valence-corrected chi connectivity index (χ4v) is 3.50. The van der Waals surface area contributed by atoms with E-state index in [1.54, 1.807) is 0 Å². The molecule has 0 bridgehead atoms. The number of hydrogen-bond donors (Lipinski definition) is 2. The number of carbonyl (C=O) groups excluding carboxylic acids is 2. The van der Waals surface area contributed by atoms with Crippen LogP contribution in [-0.2, 0) is 14.4 Å². The number of hydrogen-bond acceptors (Lipinski definition) is 3. The van der Waals surface area contributed by atoms with Crippen LogP contribution in [0.2, 0.25) is 0 Å². The molecule has 2 amide bonds. The Balaban J connectivity index is 1.61. The van der Waals surface area contributed by atoms with Crippen LogP contribution in [0.3, 0.4) is 0 Å². The van der Waals surface area contributed by atoms with E-state index in [0.29, 0.717) is 45.2 Å². The smallest absolute Gasteiger partial charge is 0.306 e. The first-order valence-corrected chi connectivity index (χ1v) is 8.86. The molecule has 0 atom stereocenters. The largest absolute Gasteiger partial charge is 0.481 e. The molecule has 2 aliphatic rings. The molecule has 0 radical (unpaired) electrons. The molecule has 6 nitrogen and oxygen atoms in total. The van der Waals surface area contributed by atoms with Crippen LogP contribution in [0.15, 0.2) is 0 Å². The summed E-state index contributed by atoms with van der Waals surface area (Å²) in [5.74, 6) is -0.804. The van der Waals surface area contributed by atoms with Gasteiger partial charge in [0.15, 0.2) is 0 Å². The third kappa shape index (κ3) is 5.52. The van der Waals surface area contributed by atoms with E-state index >= 15 is 0 Å². The highest BCUT2D eigenvalue weighted by Gasteiger charge is 2.29.